The average molecular weight is 395 g/mol. The number of rotatable bonds is 6. The Bertz CT molecular complexity index is 1090. The van der Waals surface area contributed by atoms with Crippen molar-refractivity contribution in [2.24, 2.45) is 0 Å². The number of benzene rings is 3. The van der Waals surface area contributed by atoms with Crippen LogP contribution in [0, 0.1) is 5.41 Å². The standard InChI is InChI=1S/C28H30N2/c1-28(2,27-15-14-23(30(3)4)16-22(27)19-29)18-26-24-13-9-8-12-21(24)17-25(26)20-10-6-5-7-11-20/h5-17,19,26,29H,18H2,1-4H3. The van der Waals surface area contributed by atoms with Gasteiger partial charge in [0.2, 0.25) is 0 Å². The molecule has 30 heavy (non-hydrogen) atoms. The molecule has 0 aliphatic heterocycles. The van der Waals surface area contributed by atoms with E-state index in [1.165, 1.54) is 34.0 Å². The predicted octanol–water partition coefficient (Wildman–Crippen LogP) is 6.76. The zero-order valence-corrected chi connectivity index (χ0v) is 18.3. The van der Waals surface area contributed by atoms with E-state index >= 15 is 0 Å². The van der Waals surface area contributed by atoms with Crippen LogP contribution in [-0.4, -0.2) is 20.3 Å². The fourth-order valence-corrected chi connectivity index (χ4v) is 4.71. The molecule has 0 radical (unpaired) electrons. The minimum absolute atomic E-state index is 0.0757. The molecule has 0 heterocycles. The molecule has 1 aliphatic rings. The molecule has 2 nitrogen and oxygen atoms in total. The van der Waals surface area contributed by atoms with Crippen LogP contribution in [0.2, 0.25) is 0 Å². The van der Waals surface area contributed by atoms with Gasteiger partial charge >= 0.3 is 0 Å². The molecule has 2 heteroatoms. The van der Waals surface area contributed by atoms with Crippen LogP contribution in [-0.2, 0) is 5.41 Å². The van der Waals surface area contributed by atoms with Crippen molar-refractivity contribution in [2.45, 2.75) is 31.6 Å². The van der Waals surface area contributed by atoms with Crippen LogP contribution in [0.4, 0.5) is 5.69 Å². The Balaban J connectivity index is 1.74. The first-order chi connectivity index (χ1) is 14.4. The summed E-state index contributed by atoms with van der Waals surface area (Å²) in [7, 11) is 4.08. The van der Waals surface area contributed by atoms with Gasteiger partial charge < -0.3 is 10.3 Å². The Morgan fingerprint density at radius 3 is 2.33 bits per heavy atom. The highest BCUT2D eigenvalue weighted by Gasteiger charge is 2.33. The lowest BCUT2D eigenvalue weighted by atomic mass is 9.72. The summed E-state index contributed by atoms with van der Waals surface area (Å²) in [5.74, 6) is 0.339. The van der Waals surface area contributed by atoms with Crippen molar-refractivity contribution in [3.05, 3.63) is 101 Å². The average Bonchev–Trinajstić information content (AvgIpc) is 3.11. The van der Waals surface area contributed by atoms with Gasteiger partial charge in [-0.3, -0.25) is 0 Å². The number of hydrogen-bond acceptors (Lipinski definition) is 2. The minimum Gasteiger partial charge on any atom is -0.378 e. The van der Waals surface area contributed by atoms with E-state index < -0.39 is 0 Å². The number of nitrogens with zero attached hydrogens (tertiary/aromatic N) is 1. The summed E-state index contributed by atoms with van der Waals surface area (Å²) < 4.78 is 0. The largest absolute Gasteiger partial charge is 0.378 e. The van der Waals surface area contributed by atoms with Crippen molar-refractivity contribution in [3.63, 3.8) is 0 Å². The van der Waals surface area contributed by atoms with Crippen molar-refractivity contribution in [3.8, 4) is 0 Å². The summed E-state index contributed by atoms with van der Waals surface area (Å²) in [5.41, 5.74) is 8.72. The second kappa shape index (κ2) is 7.95. The summed E-state index contributed by atoms with van der Waals surface area (Å²) in [6, 6.07) is 26.0. The molecule has 1 atom stereocenters. The number of fused-ring (bicyclic) bond motifs is 1. The molecule has 1 N–H and O–H groups in total. The number of nitrogens with one attached hydrogen (secondary N) is 1. The third kappa shape index (κ3) is 3.70. The predicted molar refractivity (Wildman–Crippen MR) is 130 cm³/mol. The van der Waals surface area contributed by atoms with Crippen molar-refractivity contribution >= 4 is 23.6 Å². The molecule has 3 aromatic rings. The van der Waals surface area contributed by atoms with Crippen LogP contribution in [0.5, 0.6) is 0 Å². The molecule has 152 valence electrons. The molecule has 1 aliphatic carbocycles. The molecule has 3 aromatic carbocycles. The van der Waals surface area contributed by atoms with Gasteiger partial charge in [-0.25, -0.2) is 0 Å². The van der Waals surface area contributed by atoms with Gasteiger partial charge in [-0.1, -0.05) is 80.6 Å². The van der Waals surface area contributed by atoms with E-state index in [9.17, 15) is 0 Å². The van der Waals surface area contributed by atoms with E-state index in [2.05, 4.69) is 97.6 Å². The van der Waals surface area contributed by atoms with Gasteiger partial charge in [-0.2, -0.15) is 0 Å². The molecule has 4 rings (SSSR count). The SMILES string of the molecule is CN(C)c1ccc(C(C)(C)CC2C(c3ccccc3)=Cc3ccccc32)c(C=N)c1. The fourth-order valence-electron chi connectivity index (χ4n) is 4.71. The van der Waals surface area contributed by atoms with Crippen molar-refractivity contribution in [2.75, 3.05) is 19.0 Å². The maximum atomic E-state index is 8.02. The maximum absolute atomic E-state index is 8.02. The second-order valence-electron chi connectivity index (χ2n) is 9.05. The van der Waals surface area contributed by atoms with Crippen LogP contribution < -0.4 is 4.90 Å². The first-order valence-electron chi connectivity index (χ1n) is 10.6. The van der Waals surface area contributed by atoms with Crippen LogP contribution in [0.15, 0.2) is 72.8 Å². The van der Waals surface area contributed by atoms with Gasteiger partial charge in [0.05, 0.1) is 0 Å². The summed E-state index contributed by atoms with van der Waals surface area (Å²) in [6.07, 6.45) is 4.85. The Morgan fingerprint density at radius 1 is 0.933 bits per heavy atom. The highest BCUT2D eigenvalue weighted by Crippen LogP contribution is 2.48. The van der Waals surface area contributed by atoms with E-state index in [0.29, 0.717) is 5.92 Å². The summed E-state index contributed by atoms with van der Waals surface area (Å²) in [6.45, 7) is 4.63. The third-order valence-electron chi connectivity index (χ3n) is 6.32. The fraction of sp³-hybridized carbons (Fsp3) is 0.250. The second-order valence-corrected chi connectivity index (χ2v) is 9.05. The van der Waals surface area contributed by atoms with E-state index in [1.54, 1.807) is 0 Å². The van der Waals surface area contributed by atoms with E-state index in [-0.39, 0.29) is 5.41 Å². The Hall–Kier alpha value is -3.13. The Morgan fingerprint density at radius 2 is 1.63 bits per heavy atom. The van der Waals surface area contributed by atoms with E-state index in [1.807, 2.05) is 14.1 Å². The first kappa shape index (κ1) is 20.2. The lowest BCUT2D eigenvalue weighted by Gasteiger charge is -2.32. The Labute approximate surface area is 180 Å². The molecular weight excluding hydrogens is 364 g/mol. The summed E-state index contributed by atoms with van der Waals surface area (Å²) >= 11 is 0. The van der Waals surface area contributed by atoms with Gasteiger partial charge in [0.15, 0.2) is 0 Å². The van der Waals surface area contributed by atoms with Crippen LogP contribution in [0.1, 0.15) is 54.0 Å². The van der Waals surface area contributed by atoms with Gasteiger partial charge in [-0.05, 0) is 57.4 Å². The topological polar surface area (TPSA) is 27.1 Å². The monoisotopic (exact) mass is 394 g/mol. The molecule has 0 aromatic heterocycles. The summed E-state index contributed by atoms with van der Waals surface area (Å²) in [5, 5.41) is 8.02. The minimum atomic E-state index is -0.0757. The van der Waals surface area contributed by atoms with Gasteiger partial charge in [0.1, 0.15) is 0 Å². The molecule has 0 bridgehead atoms. The smallest absolute Gasteiger partial charge is 0.0367 e. The molecule has 0 fully saturated rings. The Kier molecular flexibility index (Phi) is 5.34. The van der Waals surface area contributed by atoms with E-state index in [0.717, 1.165) is 17.7 Å². The number of hydrogen-bond donors (Lipinski definition) is 1. The van der Waals surface area contributed by atoms with Gasteiger partial charge in [-0.15, -0.1) is 0 Å². The van der Waals surface area contributed by atoms with Crippen LogP contribution in [0.25, 0.3) is 11.6 Å². The highest BCUT2D eigenvalue weighted by atomic mass is 15.1. The first-order valence-corrected chi connectivity index (χ1v) is 10.6. The zero-order chi connectivity index (χ0) is 21.3. The van der Waals surface area contributed by atoms with Crippen molar-refractivity contribution in [1.82, 2.24) is 0 Å². The molecule has 0 spiro atoms. The quantitative estimate of drug-likeness (QED) is 0.460. The van der Waals surface area contributed by atoms with Gasteiger partial charge in [0, 0.05) is 31.9 Å². The maximum Gasteiger partial charge on any atom is 0.0367 e. The molecule has 0 saturated heterocycles. The normalized spacial score (nSPS) is 15.5. The molecule has 0 saturated carbocycles. The zero-order valence-electron chi connectivity index (χ0n) is 18.3. The summed E-state index contributed by atoms with van der Waals surface area (Å²) in [4.78, 5) is 2.09. The van der Waals surface area contributed by atoms with Crippen LogP contribution >= 0.6 is 0 Å². The van der Waals surface area contributed by atoms with E-state index in [4.69, 9.17) is 5.41 Å². The molecular formula is C28H30N2. The van der Waals surface area contributed by atoms with Crippen LogP contribution in [0.3, 0.4) is 0 Å². The van der Waals surface area contributed by atoms with Crippen molar-refractivity contribution in [1.29, 1.82) is 5.41 Å². The van der Waals surface area contributed by atoms with Gasteiger partial charge in [0.25, 0.3) is 0 Å². The lowest BCUT2D eigenvalue weighted by molar-refractivity contribution is 0.461. The molecule has 0 amide bonds. The molecule has 1 unspecified atom stereocenters. The lowest BCUT2D eigenvalue weighted by Crippen LogP contribution is -2.23. The van der Waals surface area contributed by atoms with Crippen molar-refractivity contribution < 1.29 is 0 Å². The third-order valence-corrected chi connectivity index (χ3v) is 6.32. The number of allylic oxidation sites excluding steroid dienone is 1. The number of anilines is 1. The highest BCUT2D eigenvalue weighted by molar-refractivity contribution is 5.91.